The van der Waals surface area contributed by atoms with E-state index < -0.39 is 0 Å². The lowest BCUT2D eigenvalue weighted by Crippen LogP contribution is -2.15. The molecule has 0 bridgehead atoms. The summed E-state index contributed by atoms with van der Waals surface area (Å²) in [7, 11) is 0. The summed E-state index contributed by atoms with van der Waals surface area (Å²) >= 11 is 0. The van der Waals surface area contributed by atoms with Gasteiger partial charge in [0, 0.05) is 6.20 Å². The Labute approximate surface area is 96.9 Å². The smallest absolute Gasteiger partial charge is 0.0682 e. The van der Waals surface area contributed by atoms with Gasteiger partial charge < -0.3 is 0 Å². The monoisotopic (exact) mass is 214 g/mol. The van der Waals surface area contributed by atoms with Crippen molar-refractivity contribution in [3.63, 3.8) is 0 Å². The summed E-state index contributed by atoms with van der Waals surface area (Å²) in [5.41, 5.74) is 3.67. The van der Waals surface area contributed by atoms with E-state index in [-0.39, 0.29) is 5.41 Å². The first-order valence-corrected chi connectivity index (χ1v) is 5.60. The maximum atomic E-state index is 4.47. The van der Waals surface area contributed by atoms with Gasteiger partial charge in [-0.3, -0.25) is 0 Å². The lowest BCUT2D eigenvalue weighted by atomic mass is 9.86. The Morgan fingerprint density at radius 1 is 1.06 bits per heavy atom. The highest BCUT2D eigenvalue weighted by Gasteiger charge is 2.18. The maximum absolute atomic E-state index is 4.47. The molecule has 0 aliphatic rings. The molecule has 0 fully saturated rings. The number of aromatic nitrogens is 2. The Kier molecular flexibility index (Phi) is 2.58. The van der Waals surface area contributed by atoms with Crippen molar-refractivity contribution in [1.82, 2.24) is 9.78 Å². The van der Waals surface area contributed by atoms with Gasteiger partial charge in [0.2, 0.25) is 0 Å². The van der Waals surface area contributed by atoms with Crippen LogP contribution in [-0.2, 0) is 5.41 Å². The third kappa shape index (κ3) is 2.01. The van der Waals surface area contributed by atoms with Crippen molar-refractivity contribution < 1.29 is 0 Å². The Balaban J connectivity index is 2.57. The van der Waals surface area contributed by atoms with Crippen LogP contribution in [0.5, 0.6) is 0 Å². The van der Waals surface area contributed by atoms with Gasteiger partial charge in [-0.1, -0.05) is 39.0 Å². The van der Waals surface area contributed by atoms with Crippen LogP contribution in [0.4, 0.5) is 0 Å². The standard InChI is InChI=1S/C14H18N2/c1-11-9-10-16(15-11)13-8-6-5-7-12(13)14(2,3)4/h5-10H,1-4H3. The number of hydrogen-bond acceptors (Lipinski definition) is 1. The van der Waals surface area contributed by atoms with E-state index in [1.54, 1.807) is 0 Å². The molecule has 0 radical (unpaired) electrons. The Bertz CT molecular complexity index is 489. The van der Waals surface area contributed by atoms with E-state index in [0.717, 1.165) is 5.69 Å². The van der Waals surface area contributed by atoms with Crippen LogP contribution in [-0.4, -0.2) is 9.78 Å². The summed E-state index contributed by atoms with van der Waals surface area (Å²) in [4.78, 5) is 0. The minimum absolute atomic E-state index is 0.135. The average molecular weight is 214 g/mol. The normalized spacial score (nSPS) is 11.8. The molecule has 0 saturated carbocycles. The Morgan fingerprint density at radius 3 is 2.31 bits per heavy atom. The van der Waals surface area contributed by atoms with Crippen LogP contribution in [0.2, 0.25) is 0 Å². The van der Waals surface area contributed by atoms with Crippen molar-refractivity contribution >= 4 is 0 Å². The fraction of sp³-hybridized carbons (Fsp3) is 0.357. The van der Waals surface area contributed by atoms with Crippen LogP contribution in [0.25, 0.3) is 5.69 Å². The fourth-order valence-corrected chi connectivity index (χ4v) is 1.86. The number of aryl methyl sites for hydroxylation is 1. The topological polar surface area (TPSA) is 17.8 Å². The zero-order chi connectivity index (χ0) is 11.8. The molecule has 0 spiro atoms. The second-order valence-corrected chi connectivity index (χ2v) is 5.17. The van der Waals surface area contributed by atoms with E-state index in [1.165, 1.54) is 11.3 Å². The highest BCUT2D eigenvalue weighted by molar-refractivity contribution is 5.44. The fourth-order valence-electron chi connectivity index (χ4n) is 1.86. The molecule has 2 rings (SSSR count). The van der Waals surface area contributed by atoms with Crippen LogP contribution in [0, 0.1) is 6.92 Å². The van der Waals surface area contributed by atoms with E-state index in [0.29, 0.717) is 0 Å². The quantitative estimate of drug-likeness (QED) is 0.710. The molecule has 0 unspecified atom stereocenters. The summed E-state index contributed by atoms with van der Waals surface area (Å²) in [5, 5.41) is 4.47. The highest BCUT2D eigenvalue weighted by Crippen LogP contribution is 2.27. The second kappa shape index (κ2) is 3.78. The molecular weight excluding hydrogens is 196 g/mol. The van der Waals surface area contributed by atoms with Crippen LogP contribution >= 0.6 is 0 Å². The lowest BCUT2D eigenvalue weighted by Gasteiger charge is -2.22. The molecular formula is C14H18N2. The molecule has 0 N–H and O–H groups in total. The third-order valence-corrected chi connectivity index (χ3v) is 2.68. The minimum atomic E-state index is 0.135. The number of hydrogen-bond donors (Lipinski definition) is 0. The maximum Gasteiger partial charge on any atom is 0.0682 e. The number of nitrogens with zero attached hydrogens (tertiary/aromatic N) is 2. The lowest BCUT2D eigenvalue weighted by molar-refractivity contribution is 0.583. The number of rotatable bonds is 1. The summed E-state index contributed by atoms with van der Waals surface area (Å²) in [6.07, 6.45) is 2.01. The van der Waals surface area contributed by atoms with Crippen LogP contribution in [0.1, 0.15) is 32.0 Å². The predicted octanol–water partition coefficient (Wildman–Crippen LogP) is 3.48. The average Bonchev–Trinajstić information content (AvgIpc) is 2.64. The number of para-hydroxylation sites is 1. The molecule has 2 aromatic rings. The van der Waals surface area contributed by atoms with Crippen molar-refractivity contribution in [2.75, 3.05) is 0 Å². The molecule has 0 amide bonds. The molecule has 0 atom stereocenters. The zero-order valence-corrected chi connectivity index (χ0v) is 10.4. The van der Waals surface area contributed by atoms with E-state index in [1.807, 2.05) is 23.9 Å². The van der Waals surface area contributed by atoms with Crippen molar-refractivity contribution in [3.05, 3.63) is 47.8 Å². The summed E-state index contributed by atoms with van der Waals surface area (Å²) in [6.45, 7) is 8.68. The second-order valence-electron chi connectivity index (χ2n) is 5.17. The molecule has 2 heteroatoms. The van der Waals surface area contributed by atoms with Gasteiger partial charge in [-0.2, -0.15) is 5.10 Å². The molecule has 1 aromatic carbocycles. The molecule has 84 valence electrons. The van der Waals surface area contributed by atoms with Crippen molar-refractivity contribution in [2.45, 2.75) is 33.1 Å². The van der Waals surface area contributed by atoms with Gasteiger partial charge in [-0.25, -0.2) is 4.68 Å². The highest BCUT2D eigenvalue weighted by atomic mass is 15.3. The van der Waals surface area contributed by atoms with Crippen molar-refractivity contribution in [1.29, 1.82) is 0 Å². The molecule has 0 saturated heterocycles. The van der Waals surface area contributed by atoms with Crippen LogP contribution in [0.3, 0.4) is 0 Å². The Morgan fingerprint density at radius 2 is 1.75 bits per heavy atom. The summed E-state index contributed by atoms with van der Waals surface area (Å²) in [5.74, 6) is 0. The first kappa shape index (κ1) is 10.9. The van der Waals surface area contributed by atoms with Gasteiger partial charge in [0.15, 0.2) is 0 Å². The third-order valence-electron chi connectivity index (χ3n) is 2.68. The SMILES string of the molecule is Cc1ccn(-c2ccccc2C(C)(C)C)n1. The number of benzene rings is 1. The summed E-state index contributed by atoms with van der Waals surface area (Å²) < 4.78 is 1.95. The first-order valence-electron chi connectivity index (χ1n) is 5.60. The van der Waals surface area contributed by atoms with Crippen molar-refractivity contribution in [3.8, 4) is 5.69 Å². The van der Waals surface area contributed by atoms with E-state index in [9.17, 15) is 0 Å². The van der Waals surface area contributed by atoms with E-state index in [2.05, 4.69) is 50.1 Å². The van der Waals surface area contributed by atoms with Gasteiger partial charge in [-0.05, 0) is 30.0 Å². The molecule has 2 nitrogen and oxygen atoms in total. The molecule has 1 heterocycles. The minimum Gasteiger partial charge on any atom is -0.240 e. The Hall–Kier alpha value is -1.57. The largest absolute Gasteiger partial charge is 0.240 e. The van der Waals surface area contributed by atoms with E-state index in [4.69, 9.17) is 0 Å². The molecule has 0 aliphatic heterocycles. The van der Waals surface area contributed by atoms with E-state index >= 15 is 0 Å². The van der Waals surface area contributed by atoms with Gasteiger partial charge >= 0.3 is 0 Å². The zero-order valence-electron chi connectivity index (χ0n) is 10.4. The van der Waals surface area contributed by atoms with Crippen LogP contribution in [0.15, 0.2) is 36.5 Å². The van der Waals surface area contributed by atoms with Crippen LogP contribution < -0.4 is 0 Å². The first-order chi connectivity index (χ1) is 7.48. The van der Waals surface area contributed by atoms with Gasteiger partial charge in [0.1, 0.15) is 0 Å². The predicted molar refractivity (Wildman–Crippen MR) is 67.0 cm³/mol. The molecule has 1 aromatic heterocycles. The molecule has 16 heavy (non-hydrogen) atoms. The van der Waals surface area contributed by atoms with Gasteiger partial charge in [-0.15, -0.1) is 0 Å². The molecule has 0 aliphatic carbocycles. The van der Waals surface area contributed by atoms with Crippen molar-refractivity contribution in [2.24, 2.45) is 0 Å². The summed E-state index contributed by atoms with van der Waals surface area (Å²) in [6, 6.07) is 10.5. The van der Waals surface area contributed by atoms with Gasteiger partial charge in [0.05, 0.1) is 11.4 Å². The van der Waals surface area contributed by atoms with Gasteiger partial charge in [0.25, 0.3) is 0 Å².